The minimum absolute atomic E-state index is 0.0105. The maximum atomic E-state index is 11.1. The standard InChI is InChI=1S/C54H98O12/c1-25-28(4)40(16)61-50(34(25)10)57-21-45-31(7)37(13)52(64-43(45)19)56-20-44-38(14)42(18)63-54(39(44)15)58-22-46-30(6)33(9)49(55)65-48(46)24-60-53-36(12)27(3)32(8)47(66-53)23-59-51-35(11)26(2)29(5)41(17)62-51/h25-55H,20-24H2,1-19H3/t25-,26+,27+,28-,29+,30-,31+,32+,33?,34?,35?,36?,37?,38-,39?,40?,41?,42?,43?,44+,45-,46+,47?,48?,49?,50+,51+,52+,53+,54+/m0/s1. The molecule has 0 amide bonds. The second-order valence-electron chi connectivity index (χ2n) is 23.5. The van der Waals surface area contributed by atoms with E-state index >= 15 is 0 Å². The zero-order chi connectivity index (χ0) is 48.6. The highest BCUT2D eigenvalue weighted by Crippen LogP contribution is 2.44. The van der Waals surface area contributed by atoms with Crippen LogP contribution in [0.4, 0.5) is 0 Å². The number of hydrogen-bond donors (Lipinski definition) is 1. The highest BCUT2D eigenvalue weighted by atomic mass is 16.7. The summed E-state index contributed by atoms with van der Waals surface area (Å²) in [5, 5.41) is 11.1. The van der Waals surface area contributed by atoms with Crippen molar-refractivity contribution in [3.63, 3.8) is 0 Å². The summed E-state index contributed by atoms with van der Waals surface area (Å²) in [7, 11) is 0. The van der Waals surface area contributed by atoms with Crippen LogP contribution in [0.5, 0.6) is 0 Å². The van der Waals surface area contributed by atoms with E-state index in [-0.39, 0.29) is 121 Å². The highest BCUT2D eigenvalue weighted by molar-refractivity contribution is 4.91. The zero-order valence-corrected chi connectivity index (χ0v) is 44.8. The Morgan fingerprint density at radius 3 is 1.12 bits per heavy atom. The van der Waals surface area contributed by atoms with Crippen molar-refractivity contribution in [2.24, 2.45) is 107 Å². The molecule has 6 rings (SSSR count). The quantitative estimate of drug-likeness (QED) is 0.168. The van der Waals surface area contributed by atoms with Crippen molar-refractivity contribution >= 4 is 0 Å². The molecule has 0 aromatic rings. The largest absolute Gasteiger partial charge is 0.368 e. The number of rotatable bonds is 15. The molecule has 12 heteroatoms. The lowest BCUT2D eigenvalue weighted by Crippen LogP contribution is -2.53. The lowest BCUT2D eigenvalue weighted by molar-refractivity contribution is -0.308. The third-order valence-electron chi connectivity index (χ3n) is 20.0. The maximum Gasteiger partial charge on any atom is 0.160 e. The summed E-state index contributed by atoms with van der Waals surface area (Å²) >= 11 is 0. The third-order valence-corrected chi connectivity index (χ3v) is 20.0. The molecule has 386 valence electrons. The molecule has 13 unspecified atom stereocenters. The first-order valence-electron chi connectivity index (χ1n) is 26.7. The Balaban J connectivity index is 1.02. The van der Waals surface area contributed by atoms with Gasteiger partial charge in [-0.2, -0.15) is 0 Å². The third kappa shape index (κ3) is 11.9. The fourth-order valence-electron chi connectivity index (χ4n) is 12.3. The molecular formula is C54H98O12. The molecule has 30 atom stereocenters. The SMILES string of the molecule is CC1O[C@@H](OC[C@@H]2C(C)O[C@@H](OC[C@H]3C(C)[C@H](OC[C@H]4C(CO[C@@H]5OC(CO[C@@H]6OC(C)[C@H](C)[C@@H](C)C6C)[C@H](C)[C@@H](C)C5C)OC(O)C(C)[C@@H]4C)OC(C)[C@@H]3C)C(C)[C@H]2C)C(C)[C@@H](C)[C@@H]1C. The van der Waals surface area contributed by atoms with Crippen molar-refractivity contribution in [1.82, 2.24) is 0 Å². The summed E-state index contributed by atoms with van der Waals surface area (Å²) in [5.41, 5.74) is 0. The average Bonchev–Trinajstić information content (AvgIpc) is 3.28. The molecule has 0 aliphatic carbocycles. The van der Waals surface area contributed by atoms with E-state index in [0.29, 0.717) is 73.8 Å². The smallest absolute Gasteiger partial charge is 0.160 e. The van der Waals surface area contributed by atoms with Gasteiger partial charge < -0.3 is 57.2 Å². The highest BCUT2D eigenvalue weighted by Gasteiger charge is 2.48. The molecule has 66 heavy (non-hydrogen) atoms. The molecule has 12 nitrogen and oxygen atoms in total. The molecule has 6 heterocycles. The Hall–Kier alpha value is -0.480. The molecule has 0 aromatic heterocycles. The van der Waals surface area contributed by atoms with Gasteiger partial charge in [-0.05, 0) is 86.9 Å². The first kappa shape index (κ1) is 54.8. The van der Waals surface area contributed by atoms with E-state index in [1.54, 1.807) is 0 Å². The summed E-state index contributed by atoms with van der Waals surface area (Å²) in [6, 6.07) is 0. The molecule has 0 aromatic carbocycles. The average molecular weight is 939 g/mol. The molecule has 1 N–H and O–H groups in total. The Morgan fingerprint density at radius 2 is 0.606 bits per heavy atom. The van der Waals surface area contributed by atoms with Crippen LogP contribution in [0, 0.1) is 107 Å². The summed E-state index contributed by atoms with van der Waals surface area (Å²) < 4.78 is 72.3. The molecule has 0 bridgehead atoms. The van der Waals surface area contributed by atoms with E-state index in [1.807, 2.05) is 6.92 Å². The predicted molar refractivity (Wildman–Crippen MR) is 255 cm³/mol. The van der Waals surface area contributed by atoms with Crippen molar-refractivity contribution in [3.8, 4) is 0 Å². The normalized spacial score (nSPS) is 54.0. The number of aliphatic hydroxyl groups excluding tert-OH is 1. The van der Waals surface area contributed by atoms with Gasteiger partial charge in [0.2, 0.25) is 0 Å². The van der Waals surface area contributed by atoms with Gasteiger partial charge in [-0.3, -0.25) is 0 Å². The van der Waals surface area contributed by atoms with Gasteiger partial charge in [-0.1, -0.05) is 104 Å². The van der Waals surface area contributed by atoms with Gasteiger partial charge in [0.05, 0.1) is 69.7 Å². The van der Waals surface area contributed by atoms with Crippen molar-refractivity contribution < 1.29 is 57.2 Å². The second-order valence-corrected chi connectivity index (χ2v) is 23.5. The van der Waals surface area contributed by atoms with Crippen LogP contribution in [0.3, 0.4) is 0 Å². The fraction of sp³-hybridized carbons (Fsp3) is 1.00. The molecule has 0 saturated carbocycles. The Bertz CT molecular complexity index is 1470. The molecule has 6 aliphatic rings. The van der Waals surface area contributed by atoms with Gasteiger partial charge in [-0.25, -0.2) is 0 Å². The number of hydrogen-bond acceptors (Lipinski definition) is 12. The van der Waals surface area contributed by atoms with Crippen LogP contribution in [0.1, 0.15) is 132 Å². The van der Waals surface area contributed by atoms with E-state index in [2.05, 4.69) is 125 Å². The van der Waals surface area contributed by atoms with E-state index in [9.17, 15) is 5.11 Å². The maximum absolute atomic E-state index is 11.1. The monoisotopic (exact) mass is 939 g/mol. The van der Waals surface area contributed by atoms with Crippen LogP contribution in [0.2, 0.25) is 0 Å². The van der Waals surface area contributed by atoms with Crippen LogP contribution in [0.25, 0.3) is 0 Å². The molecule has 0 radical (unpaired) electrons. The topological polar surface area (TPSA) is 122 Å². The Kier molecular flexibility index (Phi) is 19.4. The van der Waals surface area contributed by atoms with Gasteiger partial charge in [0, 0.05) is 47.3 Å². The van der Waals surface area contributed by atoms with Gasteiger partial charge >= 0.3 is 0 Å². The van der Waals surface area contributed by atoms with Gasteiger partial charge in [0.1, 0.15) is 0 Å². The number of ether oxygens (including phenoxy) is 11. The van der Waals surface area contributed by atoms with Crippen LogP contribution in [0.15, 0.2) is 0 Å². The fourth-order valence-corrected chi connectivity index (χ4v) is 12.3. The van der Waals surface area contributed by atoms with Crippen molar-refractivity contribution in [1.29, 1.82) is 0 Å². The van der Waals surface area contributed by atoms with Gasteiger partial charge in [0.15, 0.2) is 37.7 Å². The van der Waals surface area contributed by atoms with Crippen molar-refractivity contribution in [3.05, 3.63) is 0 Å². The first-order chi connectivity index (χ1) is 31.0. The minimum atomic E-state index is -0.893. The Morgan fingerprint density at radius 1 is 0.258 bits per heavy atom. The van der Waals surface area contributed by atoms with Gasteiger partial charge in [-0.15, -0.1) is 0 Å². The number of aliphatic hydroxyl groups is 1. The Labute approximate surface area is 401 Å². The van der Waals surface area contributed by atoms with Crippen LogP contribution >= 0.6 is 0 Å². The summed E-state index contributed by atoms with van der Waals surface area (Å²) in [4.78, 5) is 0. The van der Waals surface area contributed by atoms with Crippen molar-refractivity contribution in [2.75, 3.05) is 33.0 Å². The van der Waals surface area contributed by atoms with Crippen LogP contribution in [-0.2, 0) is 52.1 Å². The lowest BCUT2D eigenvalue weighted by atomic mass is 9.77. The van der Waals surface area contributed by atoms with E-state index < -0.39 is 18.9 Å². The van der Waals surface area contributed by atoms with Gasteiger partial charge in [0.25, 0.3) is 0 Å². The molecule has 6 fully saturated rings. The first-order valence-corrected chi connectivity index (χ1v) is 26.7. The molecular weight excluding hydrogens is 841 g/mol. The summed E-state index contributed by atoms with van der Waals surface area (Å²) in [5.74, 6) is 4.80. The molecule has 6 aliphatic heterocycles. The molecule has 0 spiro atoms. The van der Waals surface area contributed by atoms with Crippen LogP contribution < -0.4 is 0 Å². The minimum Gasteiger partial charge on any atom is -0.368 e. The van der Waals surface area contributed by atoms with E-state index in [1.165, 1.54) is 0 Å². The van der Waals surface area contributed by atoms with Crippen molar-refractivity contribution in [2.45, 2.75) is 206 Å². The second kappa shape index (κ2) is 23.4. The summed E-state index contributed by atoms with van der Waals surface area (Å²) in [6.45, 7) is 44.6. The van der Waals surface area contributed by atoms with E-state index in [4.69, 9.17) is 52.1 Å². The lowest BCUT2D eigenvalue weighted by Gasteiger charge is -2.48. The zero-order valence-electron chi connectivity index (χ0n) is 44.8. The van der Waals surface area contributed by atoms with Crippen LogP contribution in [-0.4, -0.2) is 113 Å². The summed E-state index contributed by atoms with van der Waals surface area (Å²) in [6.07, 6.45) is -2.73. The molecule has 6 saturated heterocycles. The van der Waals surface area contributed by atoms with E-state index in [0.717, 1.165) is 0 Å². The predicted octanol–water partition coefficient (Wildman–Crippen LogP) is 9.88.